The number of nitrogens with zero attached hydrogens (tertiary/aromatic N) is 1. The zero-order valence-electron chi connectivity index (χ0n) is 11.9. The van der Waals surface area contributed by atoms with Crippen molar-refractivity contribution in [3.05, 3.63) is 22.2 Å². The lowest BCUT2D eigenvalue weighted by atomic mass is 10.0. The Bertz CT molecular complexity index is 450. The van der Waals surface area contributed by atoms with Crippen molar-refractivity contribution in [2.45, 2.75) is 6.04 Å². The van der Waals surface area contributed by atoms with E-state index in [-0.39, 0.29) is 12.6 Å². The second-order valence-electron chi connectivity index (χ2n) is 4.71. The van der Waals surface area contributed by atoms with Crippen LogP contribution in [0.1, 0.15) is 11.6 Å². The summed E-state index contributed by atoms with van der Waals surface area (Å²) >= 11 is 3.57. The fourth-order valence-electron chi connectivity index (χ4n) is 2.53. The Morgan fingerprint density at radius 3 is 2.40 bits per heavy atom. The molecule has 1 aliphatic rings. The highest BCUT2D eigenvalue weighted by molar-refractivity contribution is 9.10. The van der Waals surface area contributed by atoms with Gasteiger partial charge in [0.15, 0.2) is 11.5 Å². The van der Waals surface area contributed by atoms with Gasteiger partial charge in [-0.25, -0.2) is 0 Å². The van der Waals surface area contributed by atoms with Crippen LogP contribution in [0.4, 0.5) is 0 Å². The van der Waals surface area contributed by atoms with Gasteiger partial charge in [0.1, 0.15) is 0 Å². The van der Waals surface area contributed by atoms with Crippen LogP contribution in [0.25, 0.3) is 0 Å². The maximum absolute atomic E-state index is 9.79. The van der Waals surface area contributed by atoms with Crippen molar-refractivity contribution in [2.75, 3.05) is 47.0 Å². The summed E-state index contributed by atoms with van der Waals surface area (Å²) in [5.74, 6) is 1.36. The smallest absolute Gasteiger partial charge is 0.161 e. The molecule has 112 valence electrons. The zero-order valence-corrected chi connectivity index (χ0v) is 13.4. The highest BCUT2D eigenvalue weighted by Crippen LogP contribution is 2.37. The number of hydrogen-bond acceptors (Lipinski definition) is 5. The van der Waals surface area contributed by atoms with Crippen molar-refractivity contribution >= 4 is 15.9 Å². The minimum absolute atomic E-state index is 0.0359. The van der Waals surface area contributed by atoms with E-state index in [0.717, 1.165) is 36.2 Å². The number of hydrogen-bond donors (Lipinski definition) is 2. The number of halogens is 1. The van der Waals surface area contributed by atoms with Crippen molar-refractivity contribution in [3.8, 4) is 11.5 Å². The van der Waals surface area contributed by atoms with Crippen LogP contribution >= 0.6 is 15.9 Å². The second kappa shape index (κ2) is 7.26. The van der Waals surface area contributed by atoms with Crippen molar-refractivity contribution < 1.29 is 14.6 Å². The monoisotopic (exact) mass is 344 g/mol. The number of benzene rings is 1. The van der Waals surface area contributed by atoms with Crippen molar-refractivity contribution in [2.24, 2.45) is 0 Å². The van der Waals surface area contributed by atoms with Crippen molar-refractivity contribution in [3.63, 3.8) is 0 Å². The molecule has 1 atom stereocenters. The van der Waals surface area contributed by atoms with Gasteiger partial charge in [-0.1, -0.05) is 15.9 Å². The first-order valence-corrected chi connectivity index (χ1v) is 7.47. The van der Waals surface area contributed by atoms with Crippen LogP contribution in [0.3, 0.4) is 0 Å². The molecule has 0 aliphatic carbocycles. The van der Waals surface area contributed by atoms with Crippen LogP contribution in [0.5, 0.6) is 11.5 Å². The molecule has 6 heteroatoms. The van der Waals surface area contributed by atoms with Crippen LogP contribution in [-0.4, -0.2) is 57.0 Å². The molecule has 2 rings (SSSR count). The summed E-state index contributed by atoms with van der Waals surface area (Å²) in [4.78, 5) is 2.28. The summed E-state index contributed by atoms with van der Waals surface area (Å²) in [5, 5.41) is 13.1. The standard InChI is InChI=1S/C14H21BrN2O3/c1-19-13-7-10(11(15)8-14(13)20-2)12(9-18)17-5-3-16-4-6-17/h7-8,12,16,18H,3-6,9H2,1-2H3. The van der Waals surface area contributed by atoms with E-state index in [2.05, 4.69) is 26.1 Å². The van der Waals surface area contributed by atoms with Gasteiger partial charge in [-0.3, -0.25) is 4.90 Å². The Balaban J connectivity index is 2.33. The predicted octanol–water partition coefficient (Wildman–Crippen LogP) is 1.40. The van der Waals surface area contributed by atoms with Crippen molar-refractivity contribution in [1.29, 1.82) is 0 Å². The maximum atomic E-state index is 9.79. The molecule has 1 heterocycles. The minimum Gasteiger partial charge on any atom is -0.493 e. The number of aliphatic hydroxyl groups excluding tert-OH is 1. The van der Waals surface area contributed by atoms with Gasteiger partial charge in [0, 0.05) is 30.7 Å². The Hall–Kier alpha value is -0.820. The minimum atomic E-state index is -0.0359. The van der Waals surface area contributed by atoms with E-state index in [4.69, 9.17) is 9.47 Å². The summed E-state index contributed by atoms with van der Waals surface area (Å²) < 4.78 is 11.6. The van der Waals surface area contributed by atoms with Crippen LogP contribution in [0, 0.1) is 0 Å². The molecule has 1 aromatic carbocycles. The molecule has 20 heavy (non-hydrogen) atoms. The number of ether oxygens (including phenoxy) is 2. The topological polar surface area (TPSA) is 54.0 Å². The molecular weight excluding hydrogens is 324 g/mol. The van der Waals surface area contributed by atoms with E-state index in [0.29, 0.717) is 11.5 Å². The molecule has 0 aromatic heterocycles. The van der Waals surface area contributed by atoms with Gasteiger partial charge in [-0.15, -0.1) is 0 Å². The van der Waals surface area contributed by atoms with E-state index in [9.17, 15) is 5.11 Å². The summed E-state index contributed by atoms with van der Waals surface area (Å²) in [6.07, 6.45) is 0. The molecule has 5 nitrogen and oxygen atoms in total. The first-order chi connectivity index (χ1) is 9.71. The lowest BCUT2D eigenvalue weighted by Crippen LogP contribution is -2.46. The van der Waals surface area contributed by atoms with E-state index >= 15 is 0 Å². The first-order valence-electron chi connectivity index (χ1n) is 6.68. The summed E-state index contributed by atoms with van der Waals surface area (Å²) in [6, 6.07) is 3.79. The van der Waals surface area contributed by atoms with E-state index in [1.54, 1.807) is 14.2 Å². The lowest BCUT2D eigenvalue weighted by molar-refractivity contribution is 0.110. The number of aliphatic hydroxyl groups is 1. The van der Waals surface area contributed by atoms with Gasteiger partial charge < -0.3 is 19.9 Å². The molecule has 2 N–H and O–H groups in total. The predicted molar refractivity (Wildman–Crippen MR) is 81.5 cm³/mol. The number of piperazine rings is 1. The fraction of sp³-hybridized carbons (Fsp3) is 0.571. The van der Waals surface area contributed by atoms with Gasteiger partial charge in [-0.2, -0.15) is 0 Å². The van der Waals surface area contributed by atoms with Crippen LogP contribution in [0.2, 0.25) is 0 Å². The molecule has 1 aliphatic heterocycles. The van der Waals surface area contributed by atoms with Gasteiger partial charge in [0.05, 0.1) is 26.9 Å². The Morgan fingerprint density at radius 2 is 1.85 bits per heavy atom. The molecule has 1 saturated heterocycles. The molecule has 0 saturated carbocycles. The average molecular weight is 345 g/mol. The number of nitrogens with one attached hydrogen (secondary N) is 1. The average Bonchev–Trinajstić information content (AvgIpc) is 2.50. The number of methoxy groups -OCH3 is 2. The van der Waals surface area contributed by atoms with Crippen LogP contribution < -0.4 is 14.8 Å². The highest BCUT2D eigenvalue weighted by atomic mass is 79.9. The van der Waals surface area contributed by atoms with Gasteiger partial charge in [-0.05, 0) is 17.7 Å². The summed E-state index contributed by atoms with van der Waals surface area (Å²) in [5.41, 5.74) is 1.02. The first kappa shape index (κ1) is 15.6. The SMILES string of the molecule is COc1cc(Br)c(C(CO)N2CCNCC2)cc1OC. The normalized spacial score (nSPS) is 17.8. The highest BCUT2D eigenvalue weighted by Gasteiger charge is 2.24. The third kappa shape index (κ3) is 3.25. The van der Waals surface area contributed by atoms with Gasteiger partial charge in [0.25, 0.3) is 0 Å². The molecule has 1 unspecified atom stereocenters. The second-order valence-corrected chi connectivity index (χ2v) is 5.57. The lowest BCUT2D eigenvalue weighted by Gasteiger charge is -2.34. The molecule has 0 radical (unpaired) electrons. The number of rotatable bonds is 5. The van der Waals surface area contributed by atoms with E-state index in [1.807, 2.05) is 12.1 Å². The Labute approximate surface area is 128 Å². The van der Waals surface area contributed by atoms with E-state index < -0.39 is 0 Å². The largest absolute Gasteiger partial charge is 0.493 e. The van der Waals surface area contributed by atoms with Crippen LogP contribution in [-0.2, 0) is 0 Å². The van der Waals surface area contributed by atoms with E-state index in [1.165, 1.54) is 0 Å². The molecule has 0 spiro atoms. The third-order valence-corrected chi connectivity index (χ3v) is 4.31. The molecule has 0 bridgehead atoms. The molecular formula is C14H21BrN2O3. The fourth-order valence-corrected chi connectivity index (χ4v) is 3.12. The summed E-state index contributed by atoms with van der Waals surface area (Å²) in [6.45, 7) is 3.81. The molecule has 0 amide bonds. The molecule has 1 aromatic rings. The van der Waals surface area contributed by atoms with Gasteiger partial charge in [0.2, 0.25) is 0 Å². The summed E-state index contributed by atoms with van der Waals surface area (Å²) in [7, 11) is 3.23. The zero-order chi connectivity index (χ0) is 14.5. The quantitative estimate of drug-likeness (QED) is 0.845. The maximum Gasteiger partial charge on any atom is 0.161 e. The Morgan fingerprint density at radius 1 is 1.25 bits per heavy atom. The molecule has 1 fully saturated rings. The van der Waals surface area contributed by atoms with Crippen molar-refractivity contribution in [1.82, 2.24) is 10.2 Å². The Kier molecular flexibility index (Phi) is 5.65. The van der Waals surface area contributed by atoms with Gasteiger partial charge >= 0.3 is 0 Å². The third-order valence-electron chi connectivity index (χ3n) is 3.63. The van der Waals surface area contributed by atoms with Crippen LogP contribution in [0.15, 0.2) is 16.6 Å².